The van der Waals surface area contributed by atoms with Crippen LogP contribution in [0.15, 0.2) is 34.7 Å². The lowest BCUT2D eigenvalue weighted by Crippen LogP contribution is -2.30. The van der Waals surface area contributed by atoms with Crippen molar-refractivity contribution in [2.24, 2.45) is 0 Å². The number of hydrogen-bond acceptors (Lipinski definition) is 5. The number of benzene rings is 1. The molecule has 1 aromatic carbocycles. The molecule has 8 heteroatoms. The molecule has 0 saturated carbocycles. The van der Waals surface area contributed by atoms with Crippen molar-refractivity contribution in [3.8, 4) is 0 Å². The topological polar surface area (TPSA) is 80.8 Å². The number of carbonyl (C=O) groups excluding carboxylic acids is 2. The quantitative estimate of drug-likeness (QED) is 0.543. The highest BCUT2D eigenvalue weighted by atomic mass is 35.5. The smallest absolute Gasteiger partial charge is 0.306 e. The molecule has 0 atom stereocenters. The molecule has 0 saturated heterocycles. The highest BCUT2D eigenvalue weighted by Crippen LogP contribution is 2.30. The third kappa shape index (κ3) is 4.15. The highest BCUT2D eigenvalue weighted by molar-refractivity contribution is 7.99. The molecule has 0 fully saturated rings. The first-order valence-corrected chi connectivity index (χ1v) is 9.39. The summed E-state index contributed by atoms with van der Waals surface area (Å²) in [6.07, 6.45) is 3.40. The van der Waals surface area contributed by atoms with Crippen LogP contribution in [0.5, 0.6) is 0 Å². The molecule has 130 valence electrons. The lowest BCUT2D eigenvalue weighted by atomic mass is 10.1. The number of unbranched alkanes of at least 4 members (excludes halogenated alkanes) is 1. The third-order valence-corrected chi connectivity index (χ3v) is 5.65. The summed E-state index contributed by atoms with van der Waals surface area (Å²) < 4.78 is 29.2. The summed E-state index contributed by atoms with van der Waals surface area (Å²) in [6, 6.07) is 6.36. The van der Waals surface area contributed by atoms with E-state index in [0.717, 1.165) is 24.5 Å². The van der Waals surface area contributed by atoms with Gasteiger partial charge in [-0.05, 0) is 30.5 Å². The largest absolute Gasteiger partial charge is 0.466 e. The third-order valence-electron chi connectivity index (χ3n) is 3.47. The molecule has 1 heterocycles. The van der Waals surface area contributed by atoms with Crippen LogP contribution in [0.25, 0.3) is 0 Å². The van der Waals surface area contributed by atoms with Crippen molar-refractivity contribution in [2.75, 3.05) is 10.9 Å². The van der Waals surface area contributed by atoms with Gasteiger partial charge in [0.25, 0.3) is 15.9 Å². The number of esters is 1. The van der Waals surface area contributed by atoms with Gasteiger partial charge in [0, 0.05) is 12.5 Å². The first kappa shape index (κ1) is 18.5. The fourth-order valence-electron chi connectivity index (χ4n) is 2.15. The second-order valence-corrected chi connectivity index (χ2v) is 7.68. The average Bonchev–Trinajstić information content (AvgIpc) is 2.74. The number of nitrogens with zero attached hydrogens (tertiary/aromatic N) is 1. The van der Waals surface area contributed by atoms with Gasteiger partial charge >= 0.3 is 5.97 Å². The van der Waals surface area contributed by atoms with E-state index in [1.165, 1.54) is 12.1 Å². The minimum atomic E-state index is -3.98. The maximum Gasteiger partial charge on any atom is 0.306 e. The Morgan fingerprint density at radius 3 is 2.46 bits per heavy atom. The van der Waals surface area contributed by atoms with E-state index in [4.69, 9.17) is 16.3 Å². The summed E-state index contributed by atoms with van der Waals surface area (Å²) in [5.41, 5.74) is 1.05. The van der Waals surface area contributed by atoms with Crippen molar-refractivity contribution >= 4 is 39.2 Å². The van der Waals surface area contributed by atoms with Crippen molar-refractivity contribution in [3.05, 3.63) is 40.3 Å². The Bertz CT molecular complexity index is 755. The van der Waals surface area contributed by atoms with Crippen molar-refractivity contribution < 1.29 is 22.7 Å². The number of hydrogen-bond donors (Lipinski definition) is 0. The molecule has 1 aromatic rings. The monoisotopic (exact) mass is 371 g/mol. The van der Waals surface area contributed by atoms with E-state index in [2.05, 4.69) is 0 Å². The first-order valence-electron chi connectivity index (χ1n) is 7.57. The summed E-state index contributed by atoms with van der Waals surface area (Å²) in [6.45, 7) is 2.44. The van der Waals surface area contributed by atoms with Gasteiger partial charge in [-0.15, -0.1) is 0 Å². The average molecular weight is 372 g/mol. The number of rotatable bonds is 7. The molecule has 0 spiro atoms. The minimum absolute atomic E-state index is 0.209. The molecule has 2 rings (SSSR count). The second-order valence-electron chi connectivity index (χ2n) is 5.30. The van der Waals surface area contributed by atoms with E-state index >= 15 is 0 Å². The van der Waals surface area contributed by atoms with Crippen LogP contribution >= 0.6 is 11.6 Å². The number of carbonyl (C=O) groups is 2. The zero-order valence-corrected chi connectivity index (χ0v) is 14.8. The van der Waals surface area contributed by atoms with E-state index < -0.39 is 20.3 Å². The molecular formula is C16H18ClNO5S. The van der Waals surface area contributed by atoms with Gasteiger partial charge in [-0.3, -0.25) is 9.59 Å². The molecule has 0 unspecified atom stereocenters. The molecular weight excluding hydrogens is 354 g/mol. The van der Waals surface area contributed by atoms with Crippen LogP contribution in [0, 0.1) is 0 Å². The lowest BCUT2D eigenvalue weighted by molar-refractivity contribution is -0.143. The van der Waals surface area contributed by atoms with Gasteiger partial charge < -0.3 is 4.74 Å². The van der Waals surface area contributed by atoms with Gasteiger partial charge in [-0.25, -0.2) is 0 Å². The lowest BCUT2D eigenvalue weighted by Gasteiger charge is -2.15. The summed E-state index contributed by atoms with van der Waals surface area (Å²) >= 11 is 5.57. The molecule has 0 radical (unpaired) electrons. The van der Waals surface area contributed by atoms with Gasteiger partial charge in [0.05, 0.1) is 12.3 Å². The fraction of sp³-hybridized carbons (Fsp3) is 0.375. The van der Waals surface area contributed by atoms with Gasteiger partial charge in [-0.2, -0.15) is 12.7 Å². The zero-order chi connectivity index (χ0) is 17.7. The maximum atomic E-state index is 12.0. The van der Waals surface area contributed by atoms with Crippen molar-refractivity contribution in [1.82, 2.24) is 0 Å². The predicted octanol–water partition coefficient (Wildman–Crippen LogP) is 2.72. The molecule has 0 aliphatic carbocycles. The van der Waals surface area contributed by atoms with Gasteiger partial charge in [0.2, 0.25) is 0 Å². The number of anilines is 1. The Morgan fingerprint density at radius 1 is 1.25 bits per heavy atom. The minimum Gasteiger partial charge on any atom is -0.466 e. The molecule has 24 heavy (non-hydrogen) atoms. The van der Waals surface area contributed by atoms with E-state index in [-0.39, 0.29) is 18.1 Å². The van der Waals surface area contributed by atoms with Gasteiger partial charge in [0.15, 0.2) is 4.36 Å². The summed E-state index contributed by atoms with van der Waals surface area (Å²) in [4.78, 5) is 23.3. The van der Waals surface area contributed by atoms with Crippen LogP contribution in [0.3, 0.4) is 0 Å². The van der Waals surface area contributed by atoms with Gasteiger partial charge in [0.1, 0.15) is 0 Å². The number of ether oxygens (including phenoxy) is 1. The normalized spacial score (nSPS) is 16.2. The molecule has 1 aliphatic heterocycles. The van der Waals surface area contributed by atoms with E-state index in [1.54, 1.807) is 12.1 Å². The SMILES string of the molecule is CCCCOC(=O)CCc1ccc(N2C(=O)C=C(Cl)S2(=O)=O)cc1. The van der Waals surface area contributed by atoms with Gasteiger partial charge in [-0.1, -0.05) is 37.1 Å². The van der Waals surface area contributed by atoms with Crippen LogP contribution < -0.4 is 4.31 Å². The molecule has 1 aliphatic rings. The van der Waals surface area contributed by atoms with Crippen LogP contribution in [0.2, 0.25) is 0 Å². The second kappa shape index (κ2) is 7.81. The number of aryl methyl sites for hydroxylation is 1. The summed E-state index contributed by atoms with van der Waals surface area (Å²) in [7, 11) is -3.98. The van der Waals surface area contributed by atoms with Crippen molar-refractivity contribution in [3.63, 3.8) is 0 Å². The van der Waals surface area contributed by atoms with Crippen LogP contribution in [0.1, 0.15) is 31.7 Å². The van der Waals surface area contributed by atoms with Crippen LogP contribution in [0.4, 0.5) is 5.69 Å². The molecule has 0 N–H and O–H groups in total. The van der Waals surface area contributed by atoms with E-state index in [0.29, 0.717) is 17.3 Å². The predicted molar refractivity (Wildman–Crippen MR) is 91.0 cm³/mol. The summed E-state index contributed by atoms with van der Waals surface area (Å²) in [5.74, 6) is -0.965. The Morgan fingerprint density at radius 2 is 1.92 bits per heavy atom. The number of amides is 1. The first-order chi connectivity index (χ1) is 11.4. The molecule has 6 nitrogen and oxygen atoms in total. The van der Waals surface area contributed by atoms with Crippen molar-refractivity contribution in [2.45, 2.75) is 32.6 Å². The van der Waals surface area contributed by atoms with Crippen molar-refractivity contribution in [1.29, 1.82) is 0 Å². The Hall–Kier alpha value is -1.86. The Kier molecular flexibility index (Phi) is 6.01. The van der Waals surface area contributed by atoms with Crippen LogP contribution in [-0.4, -0.2) is 26.9 Å². The standard InChI is InChI=1S/C16H18ClNO5S/c1-2-3-10-23-16(20)9-6-12-4-7-13(8-5-12)18-15(19)11-14(17)24(18,21)22/h4-5,7-8,11H,2-3,6,9-10H2,1H3. The van der Waals surface area contributed by atoms with E-state index in [9.17, 15) is 18.0 Å². The number of sulfonamides is 1. The Balaban J connectivity index is 1.97. The van der Waals surface area contributed by atoms with Crippen LogP contribution in [-0.2, 0) is 30.8 Å². The molecule has 1 amide bonds. The fourth-order valence-corrected chi connectivity index (χ4v) is 3.56. The Labute approximate surface area is 146 Å². The van der Waals surface area contributed by atoms with E-state index in [1.807, 2.05) is 6.92 Å². The molecule has 0 bridgehead atoms. The molecule has 0 aromatic heterocycles. The highest BCUT2D eigenvalue weighted by Gasteiger charge is 2.37. The summed E-state index contributed by atoms with van der Waals surface area (Å²) in [5, 5.41) is 0. The number of halogens is 1. The maximum absolute atomic E-state index is 12.0. The zero-order valence-electron chi connectivity index (χ0n) is 13.2.